The molecule has 0 unspecified atom stereocenters. The van der Waals surface area contributed by atoms with E-state index in [9.17, 15) is 9.59 Å². The molecule has 2 heterocycles. The van der Waals surface area contributed by atoms with Gasteiger partial charge in [-0.3, -0.25) is 4.79 Å². The van der Waals surface area contributed by atoms with Gasteiger partial charge < -0.3 is 19.7 Å². The number of likely N-dealkylation sites (tertiary alicyclic amines) is 1. The maximum atomic E-state index is 12.7. The lowest BCUT2D eigenvalue weighted by molar-refractivity contribution is 0.0690. The third-order valence-electron chi connectivity index (χ3n) is 4.94. The summed E-state index contributed by atoms with van der Waals surface area (Å²) in [6, 6.07) is 10.2. The molecule has 160 valence electrons. The van der Waals surface area contributed by atoms with Gasteiger partial charge in [0, 0.05) is 31.3 Å². The number of nitrogens with one attached hydrogen (secondary N) is 1. The first-order chi connectivity index (χ1) is 14.5. The van der Waals surface area contributed by atoms with Crippen molar-refractivity contribution in [1.29, 1.82) is 0 Å². The minimum atomic E-state index is -0.796. The minimum Gasteiger partial charge on any atom is -0.437 e. The summed E-state index contributed by atoms with van der Waals surface area (Å²) in [7, 11) is 1.25. The van der Waals surface area contributed by atoms with E-state index in [1.807, 2.05) is 11.0 Å². The summed E-state index contributed by atoms with van der Waals surface area (Å²) in [5.41, 5.74) is 1.32. The Hall–Kier alpha value is -2.35. The van der Waals surface area contributed by atoms with Crippen LogP contribution in [0.4, 0.5) is 4.79 Å². The molecule has 0 atom stereocenters. The monoisotopic (exact) mass is 451 g/mol. The zero-order chi connectivity index (χ0) is 21.5. The van der Waals surface area contributed by atoms with Gasteiger partial charge in [0.2, 0.25) is 5.88 Å². The van der Waals surface area contributed by atoms with E-state index in [1.54, 1.807) is 30.3 Å². The van der Waals surface area contributed by atoms with Crippen LogP contribution < -0.4 is 10.1 Å². The average Bonchev–Trinajstić information content (AvgIpc) is 2.76. The van der Waals surface area contributed by atoms with Gasteiger partial charge in [-0.1, -0.05) is 29.3 Å². The van der Waals surface area contributed by atoms with Crippen LogP contribution in [0.2, 0.25) is 10.0 Å². The smallest absolute Gasteiger partial charge is 0.437 e. The summed E-state index contributed by atoms with van der Waals surface area (Å²) in [6.07, 6.45) is 1.03. The first-order valence-electron chi connectivity index (χ1n) is 9.63. The highest BCUT2D eigenvalue weighted by molar-refractivity contribution is 6.42. The molecule has 2 aromatic rings. The lowest BCUT2D eigenvalue weighted by Crippen LogP contribution is -2.40. The van der Waals surface area contributed by atoms with E-state index < -0.39 is 6.16 Å². The Morgan fingerprint density at radius 2 is 1.93 bits per heavy atom. The second-order valence-electron chi connectivity index (χ2n) is 7.02. The van der Waals surface area contributed by atoms with Crippen LogP contribution in [0.1, 0.15) is 28.9 Å². The Kier molecular flexibility index (Phi) is 7.90. The standard InChI is InChI=1S/C21H23Cl2N3O4/c1-29-21(28)30-19-4-2-3-16(25-19)13-24-12-14-7-9-26(10-8-14)20(27)15-5-6-17(22)18(23)11-15/h2-6,11,14,24H,7-10,12-13H2,1H3. The fourth-order valence-corrected chi connectivity index (χ4v) is 3.59. The molecule has 9 heteroatoms. The van der Waals surface area contributed by atoms with Crippen molar-refractivity contribution in [2.24, 2.45) is 5.92 Å². The van der Waals surface area contributed by atoms with Crippen molar-refractivity contribution in [1.82, 2.24) is 15.2 Å². The van der Waals surface area contributed by atoms with Crippen LogP contribution in [-0.2, 0) is 11.3 Å². The average molecular weight is 452 g/mol. The van der Waals surface area contributed by atoms with Crippen LogP contribution in [0.5, 0.6) is 5.88 Å². The summed E-state index contributed by atoms with van der Waals surface area (Å²) in [4.78, 5) is 29.9. The number of carbonyl (C=O) groups excluding carboxylic acids is 2. The number of rotatable bonds is 6. The van der Waals surface area contributed by atoms with Crippen molar-refractivity contribution in [2.75, 3.05) is 26.7 Å². The highest BCUT2D eigenvalue weighted by atomic mass is 35.5. The van der Waals surface area contributed by atoms with E-state index in [1.165, 1.54) is 7.11 Å². The van der Waals surface area contributed by atoms with Crippen molar-refractivity contribution in [3.8, 4) is 5.88 Å². The Labute approximate surface area is 185 Å². The highest BCUT2D eigenvalue weighted by Crippen LogP contribution is 2.25. The molecular formula is C21H23Cl2N3O4. The van der Waals surface area contributed by atoms with E-state index in [0.717, 1.165) is 25.1 Å². The molecule has 1 aromatic heterocycles. The minimum absolute atomic E-state index is 0.0217. The third-order valence-corrected chi connectivity index (χ3v) is 5.68. The van der Waals surface area contributed by atoms with Gasteiger partial charge in [0.15, 0.2) is 0 Å². The number of nitrogens with zero attached hydrogens (tertiary/aromatic N) is 2. The molecule has 1 aliphatic rings. The Bertz CT molecular complexity index is 902. The van der Waals surface area contributed by atoms with Gasteiger partial charge in [-0.05, 0) is 49.6 Å². The quantitative estimate of drug-likeness (QED) is 0.663. The molecule has 30 heavy (non-hydrogen) atoms. The summed E-state index contributed by atoms with van der Waals surface area (Å²) in [6.45, 7) is 2.78. The van der Waals surface area contributed by atoms with E-state index in [2.05, 4.69) is 15.0 Å². The maximum absolute atomic E-state index is 12.7. The van der Waals surface area contributed by atoms with Crippen molar-refractivity contribution < 1.29 is 19.1 Å². The first-order valence-corrected chi connectivity index (χ1v) is 10.4. The van der Waals surface area contributed by atoms with Crippen molar-refractivity contribution >= 4 is 35.3 Å². The second kappa shape index (κ2) is 10.6. The summed E-state index contributed by atoms with van der Waals surface area (Å²) in [5, 5.41) is 4.21. The molecule has 0 saturated carbocycles. The Morgan fingerprint density at radius 3 is 2.63 bits per heavy atom. The molecule has 1 saturated heterocycles. The number of hydrogen-bond donors (Lipinski definition) is 1. The fraction of sp³-hybridized carbons (Fsp3) is 0.381. The number of amides is 1. The molecule has 7 nitrogen and oxygen atoms in total. The van der Waals surface area contributed by atoms with E-state index in [4.69, 9.17) is 27.9 Å². The zero-order valence-corrected chi connectivity index (χ0v) is 18.1. The van der Waals surface area contributed by atoms with Gasteiger partial charge in [0.25, 0.3) is 5.91 Å². The number of halogens is 2. The Morgan fingerprint density at radius 1 is 1.17 bits per heavy atom. The molecule has 0 spiro atoms. The predicted molar refractivity (Wildman–Crippen MR) is 114 cm³/mol. The summed E-state index contributed by atoms with van der Waals surface area (Å²) < 4.78 is 9.39. The van der Waals surface area contributed by atoms with Gasteiger partial charge in [0.05, 0.1) is 22.8 Å². The van der Waals surface area contributed by atoms with Gasteiger partial charge >= 0.3 is 6.16 Å². The van der Waals surface area contributed by atoms with Gasteiger partial charge in [-0.2, -0.15) is 0 Å². The second-order valence-corrected chi connectivity index (χ2v) is 7.83. The summed E-state index contributed by atoms with van der Waals surface area (Å²) >= 11 is 11.9. The van der Waals surface area contributed by atoms with Crippen LogP contribution in [0, 0.1) is 5.92 Å². The fourth-order valence-electron chi connectivity index (χ4n) is 3.30. The van der Waals surface area contributed by atoms with E-state index in [-0.39, 0.29) is 11.8 Å². The number of carbonyl (C=O) groups is 2. The van der Waals surface area contributed by atoms with Crippen LogP contribution in [0.25, 0.3) is 0 Å². The topological polar surface area (TPSA) is 80.8 Å². The van der Waals surface area contributed by atoms with Gasteiger partial charge in [-0.25, -0.2) is 9.78 Å². The molecule has 1 N–H and O–H groups in total. The third kappa shape index (κ3) is 6.08. The molecule has 1 aromatic carbocycles. The number of piperidine rings is 1. The zero-order valence-electron chi connectivity index (χ0n) is 16.6. The SMILES string of the molecule is COC(=O)Oc1cccc(CNCC2CCN(C(=O)c3ccc(Cl)c(Cl)c3)CC2)n1. The number of hydrogen-bond acceptors (Lipinski definition) is 6. The molecule has 1 fully saturated rings. The lowest BCUT2D eigenvalue weighted by atomic mass is 9.96. The van der Waals surface area contributed by atoms with Crippen molar-refractivity contribution in [3.63, 3.8) is 0 Å². The number of ether oxygens (including phenoxy) is 2. The predicted octanol–water partition coefficient (Wildman–Crippen LogP) is 4.18. The molecule has 1 amide bonds. The first kappa shape index (κ1) is 22.3. The van der Waals surface area contributed by atoms with Crippen LogP contribution in [0.3, 0.4) is 0 Å². The van der Waals surface area contributed by atoms with Gasteiger partial charge in [0.1, 0.15) is 0 Å². The number of methoxy groups -OCH3 is 1. The highest BCUT2D eigenvalue weighted by Gasteiger charge is 2.23. The van der Waals surface area contributed by atoms with Crippen LogP contribution in [0.15, 0.2) is 36.4 Å². The van der Waals surface area contributed by atoms with Crippen molar-refractivity contribution in [3.05, 3.63) is 57.7 Å². The van der Waals surface area contributed by atoms with Gasteiger partial charge in [-0.15, -0.1) is 0 Å². The molecule has 0 aliphatic carbocycles. The molecule has 1 aliphatic heterocycles. The summed E-state index contributed by atoms with van der Waals surface area (Å²) in [5.74, 6) is 0.652. The Balaban J connectivity index is 1.43. The normalized spacial score (nSPS) is 14.4. The van der Waals surface area contributed by atoms with Crippen LogP contribution in [-0.4, -0.2) is 48.7 Å². The molecular weight excluding hydrogens is 429 g/mol. The van der Waals surface area contributed by atoms with E-state index >= 15 is 0 Å². The molecule has 3 rings (SSSR count). The largest absolute Gasteiger partial charge is 0.514 e. The van der Waals surface area contributed by atoms with Crippen molar-refractivity contribution in [2.45, 2.75) is 19.4 Å². The molecule has 0 bridgehead atoms. The number of benzene rings is 1. The molecule has 0 radical (unpaired) electrons. The van der Waals surface area contributed by atoms with Crippen LogP contribution >= 0.6 is 23.2 Å². The number of aromatic nitrogens is 1. The maximum Gasteiger partial charge on any atom is 0.514 e. The number of pyridine rings is 1. The van der Waals surface area contributed by atoms with E-state index in [0.29, 0.717) is 41.2 Å². The lowest BCUT2D eigenvalue weighted by Gasteiger charge is -2.32.